The van der Waals surface area contributed by atoms with E-state index in [1.54, 1.807) is 31.2 Å². The van der Waals surface area contributed by atoms with Crippen molar-refractivity contribution >= 4 is 17.3 Å². The number of non-ortho nitro benzene ring substituents is 1. The average molecular weight is 298 g/mol. The molecule has 0 aliphatic carbocycles. The van der Waals surface area contributed by atoms with Gasteiger partial charge in [0.15, 0.2) is 0 Å². The van der Waals surface area contributed by atoms with Crippen LogP contribution in [0.25, 0.3) is 0 Å². The molecule has 112 valence electrons. The molecule has 2 aromatic rings. The number of carbonyl (C=O) groups is 1. The summed E-state index contributed by atoms with van der Waals surface area (Å²) in [5.41, 5.74) is 4.62. The molecule has 7 heteroatoms. The number of nitro groups is 1. The van der Waals surface area contributed by atoms with E-state index in [9.17, 15) is 14.9 Å². The minimum atomic E-state index is -0.479. The lowest BCUT2D eigenvalue weighted by Gasteiger charge is -2.03. The van der Waals surface area contributed by atoms with Gasteiger partial charge >= 0.3 is 0 Å². The van der Waals surface area contributed by atoms with Crippen molar-refractivity contribution in [1.82, 2.24) is 10.4 Å². The molecule has 0 radical (unpaired) electrons. The third-order valence-electron chi connectivity index (χ3n) is 2.97. The summed E-state index contributed by atoms with van der Waals surface area (Å²) >= 11 is 0. The van der Waals surface area contributed by atoms with Crippen LogP contribution in [0.5, 0.6) is 0 Å². The van der Waals surface area contributed by atoms with Crippen LogP contribution in [0, 0.1) is 17.0 Å². The second-order valence-corrected chi connectivity index (χ2v) is 4.63. The highest BCUT2D eigenvalue weighted by atomic mass is 16.6. The van der Waals surface area contributed by atoms with Gasteiger partial charge in [-0.3, -0.25) is 19.9 Å². The number of pyridine rings is 1. The lowest BCUT2D eigenvalue weighted by molar-refractivity contribution is -0.384. The Kier molecular flexibility index (Phi) is 4.57. The van der Waals surface area contributed by atoms with E-state index < -0.39 is 10.8 Å². The number of carbonyl (C=O) groups excluding carboxylic acids is 1. The number of hydrogen-bond donors (Lipinski definition) is 1. The fourth-order valence-electron chi connectivity index (χ4n) is 1.71. The zero-order chi connectivity index (χ0) is 16.1. The van der Waals surface area contributed by atoms with Crippen molar-refractivity contribution in [3.05, 3.63) is 69.5 Å². The molecule has 0 saturated heterocycles. The predicted octanol–water partition coefficient (Wildman–Crippen LogP) is 2.45. The van der Waals surface area contributed by atoms with Gasteiger partial charge in [0.1, 0.15) is 0 Å². The largest absolute Gasteiger partial charge is 0.272 e. The Balaban J connectivity index is 2.12. The fourth-order valence-corrected chi connectivity index (χ4v) is 1.71. The van der Waals surface area contributed by atoms with Crippen molar-refractivity contribution in [1.29, 1.82) is 0 Å². The number of aromatic nitrogens is 1. The van der Waals surface area contributed by atoms with Crippen LogP contribution in [0.2, 0.25) is 0 Å². The van der Waals surface area contributed by atoms with E-state index in [1.165, 1.54) is 18.3 Å². The third kappa shape index (κ3) is 3.72. The summed E-state index contributed by atoms with van der Waals surface area (Å²) in [4.78, 5) is 26.2. The van der Waals surface area contributed by atoms with Gasteiger partial charge < -0.3 is 0 Å². The van der Waals surface area contributed by atoms with Crippen LogP contribution < -0.4 is 5.43 Å². The van der Waals surface area contributed by atoms with Gasteiger partial charge in [-0.25, -0.2) is 5.43 Å². The molecule has 22 heavy (non-hydrogen) atoms. The average Bonchev–Trinajstić information content (AvgIpc) is 2.53. The topological polar surface area (TPSA) is 97.5 Å². The standard InChI is InChI=1S/C15H14N4O3/c1-10-6-7-13(9-16-10)15(20)18-17-11(2)12-4-3-5-14(8-12)19(21)22/h3-9H,1-2H3,(H,18,20). The molecular weight excluding hydrogens is 284 g/mol. The van der Waals surface area contributed by atoms with Gasteiger partial charge in [0.25, 0.3) is 11.6 Å². The Labute approximate surface area is 126 Å². The third-order valence-corrected chi connectivity index (χ3v) is 2.97. The monoisotopic (exact) mass is 298 g/mol. The van der Waals surface area contributed by atoms with Crippen LogP contribution in [0.3, 0.4) is 0 Å². The Morgan fingerprint density at radius 2 is 2.05 bits per heavy atom. The molecule has 0 fully saturated rings. The quantitative estimate of drug-likeness (QED) is 0.532. The molecule has 1 N–H and O–H groups in total. The minimum Gasteiger partial charge on any atom is -0.267 e. The number of benzene rings is 1. The number of nitrogens with zero attached hydrogens (tertiary/aromatic N) is 3. The molecule has 7 nitrogen and oxygen atoms in total. The summed E-state index contributed by atoms with van der Waals surface area (Å²) in [6.07, 6.45) is 1.46. The van der Waals surface area contributed by atoms with Crippen LogP contribution in [-0.2, 0) is 0 Å². The van der Waals surface area contributed by atoms with Gasteiger partial charge in [0.2, 0.25) is 0 Å². The van der Waals surface area contributed by atoms with Crippen molar-refractivity contribution < 1.29 is 9.72 Å². The maximum atomic E-state index is 11.9. The van der Waals surface area contributed by atoms with E-state index in [-0.39, 0.29) is 5.69 Å². The van der Waals surface area contributed by atoms with Crippen LogP contribution in [0.15, 0.2) is 47.7 Å². The molecule has 0 saturated carbocycles. The van der Waals surface area contributed by atoms with E-state index >= 15 is 0 Å². The summed E-state index contributed by atoms with van der Waals surface area (Å²) in [5.74, 6) is -0.391. The zero-order valence-corrected chi connectivity index (χ0v) is 12.1. The van der Waals surface area contributed by atoms with E-state index in [4.69, 9.17) is 0 Å². The van der Waals surface area contributed by atoms with Crippen LogP contribution in [0.1, 0.15) is 28.5 Å². The first-order chi connectivity index (χ1) is 10.5. The molecule has 0 aliphatic heterocycles. The first kappa shape index (κ1) is 15.3. The molecule has 1 aromatic carbocycles. The maximum Gasteiger partial charge on any atom is 0.272 e. The molecule has 0 aliphatic rings. The maximum absolute atomic E-state index is 11.9. The van der Waals surface area contributed by atoms with Crippen molar-refractivity contribution in [3.8, 4) is 0 Å². The number of nitrogens with one attached hydrogen (secondary N) is 1. The van der Waals surface area contributed by atoms with E-state index in [0.717, 1.165) is 5.69 Å². The number of hydrogen-bond acceptors (Lipinski definition) is 5. The van der Waals surface area contributed by atoms with E-state index in [1.807, 2.05) is 6.92 Å². The lowest BCUT2D eigenvalue weighted by atomic mass is 10.1. The molecule has 0 spiro atoms. The summed E-state index contributed by atoms with van der Waals surface area (Å²) in [6, 6.07) is 9.43. The summed E-state index contributed by atoms with van der Waals surface area (Å²) in [7, 11) is 0. The Morgan fingerprint density at radius 1 is 1.27 bits per heavy atom. The van der Waals surface area contributed by atoms with Crippen molar-refractivity contribution in [2.75, 3.05) is 0 Å². The predicted molar refractivity (Wildman–Crippen MR) is 81.7 cm³/mol. The molecule has 1 amide bonds. The van der Waals surface area contributed by atoms with Crippen LogP contribution in [-0.4, -0.2) is 21.5 Å². The highest BCUT2D eigenvalue weighted by molar-refractivity contribution is 6.01. The number of hydrazone groups is 1. The second-order valence-electron chi connectivity index (χ2n) is 4.63. The molecule has 0 unspecified atom stereocenters. The van der Waals surface area contributed by atoms with Gasteiger partial charge in [-0.2, -0.15) is 5.10 Å². The van der Waals surface area contributed by atoms with Gasteiger partial charge in [-0.15, -0.1) is 0 Å². The minimum absolute atomic E-state index is 0.0267. The van der Waals surface area contributed by atoms with Gasteiger partial charge in [-0.05, 0) is 26.0 Å². The van der Waals surface area contributed by atoms with Crippen molar-refractivity contribution in [3.63, 3.8) is 0 Å². The fraction of sp³-hybridized carbons (Fsp3) is 0.133. The molecule has 0 bridgehead atoms. The van der Waals surface area contributed by atoms with E-state index in [0.29, 0.717) is 16.8 Å². The van der Waals surface area contributed by atoms with Gasteiger partial charge in [0, 0.05) is 29.6 Å². The van der Waals surface area contributed by atoms with Gasteiger partial charge in [0.05, 0.1) is 16.2 Å². The Morgan fingerprint density at radius 3 is 2.68 bits per heavy atom. The summed E-state index contributed by atoms with van der Waals surface area (Å²) in [5, 5.41) is 14.7. The first-order valence-corrected chi connectivity index (χ1v) is 6.49. The highest BCUT2D eigenvalue weighted by Gasteiger charge is 2.08. The number of amides is 1. The zero-order valence-electron chi connectivity index (χ0n) is 12.1. The normalized spacial score (nSPS) is 11.1. The van der Waals surface area contributed by atoms with Crippen molar-refractivity contribution in [2.45, 2.75) is 13.8 Å². The van der Waals surface area contributed by atoms with Gasteiger partial charge in [-0.1, -0.05) is 12.1 Å². The Bertz CT molecular complexity index is 739. The Hall–Kier alpha value is -3.09. The molecule has 0 atom stereocenters. The number of aryl methyl sites for hydroxylation is 1. The second kappa shape index (κ2) is 6.57. The molecular formula is C15H14N4O3. The number of nitro benzene ring substituents is 1. The summed E-state index contributed by atoms with van der Waals surface area (Å²) < 4.78 is 0. The number of rotatable bonds is 4. The lowest BCUT2D eigenvalue weighted by Crippen LogP contribution is -2.19. The summed E-state index contributed by atoms with van der Waals surface area (Å²) in [6.45, 7) is 3.49. The SMILES string of the molecule is CC(=NNC(=O)c1ccc(C)nc1)c1cccc([N+](=O)[O-])c1. The van der Waals surface area contributed by atoms with Crippen LogP contribution >= 0.6 is 0 Å². The molecule has 2 rings (SSSR count). The molecule has 1 aromatic heterocycles. The van der Waals surface area contributed by atoms with Crippen molar-refractivity contribution in [2.24, 2.45) is 5.10 Å². The van der Waals surface area contributed by atoms with E-state index in [2.05, 4.69) is 15.5 Å². The highest BCUT2D eigenvalue weighted by Crippen LogP contribution is 2.13. The smallest absolute Gasteiger partial charge is 0.267 e. The molecule has 1 heterocycles. The first-order valence-electron chi connectivity index (χ1n) is 6.49. The van der Waals surface area contributed by atoms with Crippen LogP contribution in [0.4, 0.5) is 5.69 Å².